The number of nitrogens with zero attached hydrogens (tertiary/aromatic N) is 3. The normalized spacial score (nSPS) is 33.9. The molecule has 2 aromatic rings. The van der Waals surface area contributed by atoms with Crippen molar-refractivity contribution in [2.75, 3.05) is 38.6 Å². The summed E-state index contributed by atoms with van der Waals surface area (Å²) in [6.07, 6.45) is 8.25. The summed E-state index contributed by atoms with van der Waals surface area (Å²) in [5, 5.41) is 67.8. The molecule has 7 rings (SSSR count). The summed E-state index contributed by atoms with van der Waals surface area (Å²) in [5.74, 6) is -7.62. The highest BCUT2D eigenvalue weighted by atomic mass is 16.7. The van der Waals surface area contributed by atoms with Gasteiger partial charge in [0.2, 0.25) is 0 Å². The van der Waals surface area contributed by atoms with Crippen LogP contribution in [0.5, 0.6) is 23.0 Å². The first-order valence-electron chi connectivity index (χ1n) is 22.3. The van der Waals surface area contributed by atoms with E-state index in [1.54, 1.807) is 46.8 Å². The number of benzene rings is 2. The fraction of sp³-hybridized carbons (Fsp3) is 0.583. The number of aliphatic hydroxyl groups excluding tert-OH is 2. The van der Waals surface area contributed by atoms with Crippen LogP contribution >= 0.6 is 0 Å². The first-order valence-corrected chi connectivity index (χ1v) is 22.3. The number of fused-ring (bicyclic) bond motifs is 15. The molecule has 0 spiro atoms. The second-order valence-corrected chi connectivity index (χ2v) is 18.3. The van der Waals surface area contributed by atoms with Gasteiger partial charge in [0.05, 0.1) is 59.5 Å². The fourth-order valence-electron chi connectivity index (χ4n) is 9.69. The van der Waals surface area contributed by atoms with Crippen LogP contribution in [-0.2, 0) is 23.8 Å². The molecule has 6 N–H and O–H groups in total. The van der Waals surface area contributed by atoms with Gasteiger partial charge in [-0.05, 0) is 38.7 Å². The standard InChI is InChI=1S/C48H66N4O12/c1-11-31-15-16-32-23-52(19-18-51(32)22-31)49-21-33-38-43(58)36-35(42(33)57)37-45(29(7)41(36)56)64-48(9,46(37)59)62-20-17-34(61-10)26(4)44(63-30(8)53)28(6)40(55)27(5)39(54)24(2)13-12-14-25(3)47(60)50-38/h12-14,17,20-21,24,26-28,31-32,34,39-40,44,54-58H,11,15-16,18-19,22-23H2,1-10H3,(H,50,60)/b13-12+,20-17+,25-14-,49-21-/t24-,26-,27-,28-,31?,32?,34+,39+,40+,44-,48+/m1/s1. The van der Waals surface area contributed by atoms with Gasteiger partial charge in [-0.3, -0.25) is 24.3 Å². The third-order valence-corrected chi connectivity index (χ3v) is 13.9. The Balaban J connectivity index is 1.48. The molecule has 0 saturated carbocycles. The van der Waals surface area contributed by atoms with E-state index in [1.807, 2.05) is 5.01 Å². The van der Waals surface area contributed by atoms with Crippen LogP contribution in [0.2, 0.25) is 0 Å². The maximum Gasteiger partial charge on any atom is 0.312 e. The predicted molar refractivity (Wildman–Crippen MR) is 241 cm³/mol. The van der Waals surface area contributed by atoms with Crippen LogP contribution in [0.15, 0.2) is 41.2 Å². The number of Topliss-reactive ketones (excluding diaryl/α,β-unsaturated/α-hetero) is 1. The number of phenols is 3. The lowest BCUT2D eigenvalue weighted by Gasteiger charge is -2.45. The van der Waals surface area contributed by atoms with Gasteiger partial charge in [0.1, 0.15) is 23.4 Å². The Bertz CT molecular complexity index is 2240. The number of amides is 1. The van der Waals surface area contributed by atoms with Crippen LogP contribution in [0.3, 0.4) is 0 Å². The molecule has 2 fully saturated rings. The number of anilines is 1. The lowest BCUT2D eigenvalue weighted by molar-refractivity contribution is -0.160. The molecular weight excluding hydrogens is 825 g/mol. The number of ketones is 1. The van der Waals surface area contributed by atoms with Gasteiger partial charge in [-0.1, -0.05) is 59.3 Å². The zero-order chi connectivity index (χ0) is 46.9. The van der Waals surface area contributed by atoms with Crippen molar-refractivity contribution in [3.63, 3.8) is 0 Å². The number of phenolic OH excluding ortho intramolecular Hbond substituents is 3. The zero-order valence-electron chi connectivity index (χ0n) is 38.6. The molecule has 11 atom stereocenters. The summed E-state index contributed by atoms with van der Waals surface area (Å²) >= 11 is 0. The smallest absolute Gasteiger partial charge is 0.312 e. The minimum atomic E-state index is -2.05. The number of esters is 1. The number of aromatic hydroxyl groups is 3. The van der Waals surface area contributed by atoms with E-state index in [-0.39, 0.29) is 50.5 Å². The molecule has 5 heterocycles. The van der Waals surface area contributed by atoms with Gasteiger partial charge in [-0.2, -0.15) is 5.10 Å². The number of nitrogens with one attached hydrogen (secondary N) is 1. The molecule has 5 aliphatic heterocycles. The van der Waals surface area contributed by atoms with Gasteiger partial charge in [-0.25, -0.2) is 0 Å². The van der Waals surface area contributed by atoms with Gasteiger partial charge >= 0.3 is 11.8 Å². The summed E-state index contributed by atoms with van der Waals surface area (Å²) in [6.45, 7) is 17.9. The molecule has 2 aromatic carbocycles. The molecule has 5 aliphatic rings. The maximum absolute atomic E-state index is 14.6. The molecule has 5 bridgehead atoms. The minimum absolute atomic E-state index is 0.0636. The topological polar surface area (TPSA) is 220 Å². The van der Waals surface area contributed by atoms with E-state index < -0.39 is 88.8 Å². The van der Waals surface area contributed by atoms with Crippen LogP contribution in [-0.4, -0.2) is 129 Å². The van der Waals surface area contributed by atoms with Gasteiger partial charge in [0, 0.05) is 86.8 Å². The van der Waals surface area contributed by atoms with Crippen molar-refractivity contribution in [1.82, 2.24) is 9.91 Å². The number of hydrogen-bond donors (Lipinski definition) is 6. The Morgan fingerprint density at radius 2 is 1.69 bits per heavy atom. The number of methoxy groups -OCH3 is 1. The predicted octanol–water partition coefficient (Wildman–Crippen LogP) is 5.89. The van der Waals surface area contributed by atoms with Gasteiger partial charge < -0.3 is 49.8 Å². The maximum atomic E-state index is 14.6. The molecule has 2 unspecified atom stereocenters. The molecule has 0 aromatic heterocycles. The van der Waals surface area contributed by atoms with Gasteiger partial charge in [-0.15, -0.1) is 0 Å². The molecule has 1 amide bonds. The summed E-state index contributed by atoms with van der Waals surface area (Å²) < 4.78 is 23.8. The number of hydrogen-bond acceptors (Lipinski definition) is 15. The first-order chi connectivity index (χ1) is 30.2. The second kappa shape index (κ2) is 19.5. The number of piperazine rings is 1. The van der Waals surface area contributed by atoms with Crippen molar-refractivity contribution in [1.29, 1.82) is 0 Å². The number of piperidine rings is 1. The van der Waals surface area contributed by atoms with Crippen molar-refractivity contribution in [3.8, 4) is 23.0 Å². The van der Waals surface area contributed by atoms with Crippen molar-refractivity contribution < 1.29 is 58.9 Å². The van der Waals surface area contributed by atoms with E-state index in [9.17, 15) is 39.9 Å². The molecule has 64 heavy (non-hydrogen) atoms. The molecule has 2 saturated heterocycles. The lowest BCUT2D eigenvalue weighted by atomic mass is 9.78. The minimum Gasteiger partial charge on any atom is -0.507 e. The average molecular weight is 891 g/mol. The number of carbonyl (C=O) groups is 3. The van der Waals surface area contributed by atoms with Crippen LogP contribution < -0.4 is 10.1 Å². The molecule has 0 radical (unpaired) electrons. The monoisotopic (exact) mass is 890 g/mol. The summed E-state index contributed by atoms with van der Waals surface area (Å²) in [4.78, 5) is 43.4. The van der Waals surface area contributed by atoms with E-state index in [1.165, 1.54) is 52.5 Å². The van der Waals surface area contributed by atoms with Gasteiger partial charge in [0.25, 0.3) is 11.7 Å². The molecule has 16 nitrogen and oxygen atoms in total. The van der Waals surface area contributed by atoms with Crippen molar-refractivity contribution >= 4 is 40.3 Å². The third kappa shape index (κ3) is 9.33. The molecular formula is C48H66N4O12. The highest BCUT2D eigenvalue weighted by Gasteiger charge is 2.50. The molecule has 350 valence electrons. The number of carbonyl (C=O) groups excluding carboxylic acids is 3. The van der Waals surface area contributed by atoms with E-state index in [4.69, 9.17) is 24.0 Å². The quantitative estimate of drug-likeness (QED) is 0.0893. The fourth-order valence-corrected chi connectivity index (χ4v) is 9.69. The van der Waals surface area contributed by atoms with Crippen LogP contribution in [0.1, 0.15) is 96.1 Å². The van der Waals surface area contributed by atoms with Crippen LogP contribution in [0.4, 0.5) is 5.69 Å². The van der Waals surface area contributed by atoms with Crippen molar-refractivity contribution in [2.24, 2.45) is 34.7 Å². The van der Waals surface area contributed by atoms with Crippen LogP contribution in [0, 0.1) is 36.5 Å². The Hall–Kier alpha value is -5.16. The van der Waals surface area contributed by atoms with E-state index in [0.29, 0.717) is 19.0 Å². The summed E-state index contributed by atoms with van der Waals surface area (Å²) in [5.41, 5.74) is -0.284. The second-order valence-electron chi connectivity index (χ2n) is 18.3. The van der Waals surface area contributed by atoms with Crippen molar-refractivity contribution in [2.45, 2.75) is 118 Å². The van der Waals surface area contributed by atoms with Crippen molar-refractivity contribution in [3.05, 3.63) is 52.8 Å². The average Bonchev–Trinajstić information content (AvgIpc) is 3.54. The number of hydrazone groups is 1. The Morgan fingerprint density at radius 1 is 0.969 bits per heavy atom. The van der Waals surface area contributed by atoms with E-state index in [0.717, 1.165) is 32.4 Å². The van der Waals surface area contributed by atoms with E-state index in [2.05, 4.69) is 17.1 Å². The Morgan fingerprint density at radius 3 is 2.36 bits per heavy atom. The van der Waals surface area contributed by atoms with Gasteiger partial charge in [0.15, 0.2) is 5.75 Å². The number of ether oxygens (including phenoxy) is 4. The Kier molecular flexibility index (Phi) is 14.7. The SMILES string of the molecule is CCC1CCC2CN(/N=C\c3c4c(O)c5c(O)c(C)c6c(c5c3O)C(=O)[C@@](C)(O/C=C/[C@H](OC)[C@@H](C)[C@@H](OC(C)=O)[C@H](C)[C@@H](O)[C@H](C)[C@@H](O)[C@H](C)/C=C/C=C(/C)C(=O)N4)O6)CCN2C1. The number of allylic oxidation sites excluding steroid dienone is 2. The largest absolute Gasteiger partial charge is 0.507 e. The lowest BCUT2D eigenvalue weighted by Crippen LogP contribution is -2.55. The Labute approximate surface area is 375 Å². The summed E-state index contributed by atoms with van der Waals surface area (Å²) in [6, 6.07) is 0.290. The van der Waals surface area contributed by atoms with E-state index >= 15 is 0 Å². The molecule has 0 aliphatic carbocycles. The highest BCUT2D eigenvalue weighted by molar-refractivity contribution is 6.23. The highest BCUT2D eigenvalue weighted by Crippen LogP contribution is 2.55. The first kappa shape index (κ1) is 48.3. The van der Waals surface area contributed by atoms with Crippen LogP contribution in [0.25, 0.3) is 10.8 Å². The zero-order valence-corrected chi connectivity index (χ0v) is 38.6. The number of aliphatic hydroxyl groups is 2. The summed E-state index contributed by atoms with van der Waals surface area (Å²) in [7, 11) is 1.44. The third-order valence-electron chi connectivity index (χ3n) is 13.9. The number of rotatable bonds is 5. The molecule has 16 heteroatoms.